The Morgan fingerprint density at radius 1 is 1.29 bits per heavy atom. The molecule has 1 heterocycles. The molecule has 2 aromatic rings. The minimum atomic E-state index is -1.17. The van der Waals surface area contributed by atoms with Crippen LogP contribution < -0.4 is 21.7 Å². The Labute approximate surface area is 162 Å². The molecule has 2 rings (SSSR count). The van der Waals surface area contributed by atoms with E-state index in [1.54, 1.807) is 13.0 Å². The summed E-state index contributed by atoms with van der Waals surface area (Å²) in [7, 11) is 0. The van der Waals surface area contributed by atoms with Crippen LogP contribution in [0.1, 0.15) is 36.2 Å². The quantitative estimate of drug-likeness (QED) is 0.471. The smallest absolute Gasteiger partial charge is 0.404 e. The Kier molecular flexibility index (Phi) is 6.75. The van der Waals surface area contributed by atoms with Gasteiger partial charge in [-0.1, -0.05) is 19.1 Å². The summed E-state index contributed by atoms with van der Waals surface area (Å²) in [5.41, 5.74) is 6.94. The molecule has 0 unspecified atom stereocenters. The summed E-state index contributed by atoms with van der Waals surface area (Å²) in [5, 5.41) is 17.1. The summed E-state index contributed by atoms with van der Waals surface area (Å²) < 4.78 is 14.5. The lowest BCUT2D eigenvalue weighted by Crippen LogP contribution is -2.44. The number of nitrogens with two attached hydrogens (primary N) is 1. The summed E-state index contributed by atoms with van der Waals surface area (Å²) in [4.78, 5) is 26.8. The van der Waals surface area contributed by atoms with Crippen LogP contribution in [0.3, 0.4) is 0 Å². The van der Waals surface area contributed by atoms with Crippen LogP contribution in [0.5, 0.6) is 0 Å². The number of rotatable bonds is 8. The number of pyridine rings is 1. The number of carbonyl (C=O) groups is 2. The second kappa shape index (κ2) is 9.03. The van der Waals surface area contributed by atoms with E-state index in [2.05, 4.69) is 20.9 Å². The molecule has 8 nitrogen and oxygen atoms in total. The predicted octanol–water partition coefficient (Wildman–Crippen LogP) is 3.22. The maximum absolute atomic E-state index is 14.5. The molecule has 0 fully saturated rings. The molecule has 2 atom stereocenters. The van der Waals surface area contributed by atoms with Crippen molar-refractivity contribution in [2.24, 2.45) is 5.73 Å². The summed E-state index contributed by atoms with van der Waals surface area (Å²) in [6.07, 6.45) is -0.659. The second-order valence-corrected chi connectivity index (χ2v) is 6.47. The van der Waals surface area contributed by atoms with Crippen molar-refractivity contribution in [3.63, 3.8) is 0 Å². The van der Waals surface area contributed by atoms with Crippen LogP contribution in [0.25, 0.3) is 0 Å². The minimum absolute atomic E-state index is 0.0886. The van der Waals surface area contributed by atoms with E-state index >= 15 is 0 Å². The normalized spacial score (nSPS) is 12.7. The average molecular weight is 389 g/mol. The van der Waals surface area contributed by atoms with Crippen molar-refractivity contribution >= 4 is 29.3 Å². The van der Waals surface area contributed by atoms with Crippen LogP contribution in [0.15, 0.2) is 30.3 Å². The largest absolute Gasteiger partial charge is 0.465 e. The highest BCUT2D eigenvalue weighted by Gasteiger charge is 2.22. The van der Waals surface area contributed by atoms with Gasteiger partial charge in [-0.05, 0) is 44.0 Å². The van der Waals surface area contributed by atoms with Gasteiger partial charge in [-0.3, -0.25) is 4.79 Å². The van der Waals surface area contributed by atoms with E-state index in [-0.39, 0.29) is 17.2 Å². The van der Waals surface area contributed by atoms with Crippen molar-refractivity contribution in [3.05, 3.63) is 47.3 Å². The molecule has 150 valence electrons. The number of aryl methyl sites for hydroxylation is 1. The van der Waals surface area contributed by atoms with Crippen LogP contribution in [-0.4, -0.2) is 34.2 Å². The van der Waals surface area contributed by atoms with E-state index in [9.17, 15) is 14.0 Å². The molecule has 0 radical (unpaired) electrons. The lowest BCUT2D eigenvalue weighted by atomic mass is 10.1. The lowest BCUT2D eigenvalue weighted by molar-refractivity contribution is 0.100. The van der Waals surface area contributed by atoms with Gasteiger partial charge in [-0.2, -0.15) is 0 Å². The molecule has 1 aromatic carbocycles. The number of hydrogen-bond acceptors (Lipinski definition) is 5. The van der Waals surface area contributed by atoms with Gasteiger partial charge in [0.2, 0.25) is 0 Å². The number of hydrogen-bond donors (Lipinski definition) is 5. The first-order chi connectivity index (χ1) is 13.2. The number of aromatic nitrogens is 1. The molecule has 0 aliphatic heterocycles. The number of benzene rings is 1. The SMILES string of the molecule is CC[C@@H](Nc1nc(Nc2cccc(C)c2)c(C(N)=O)cc1F)[C@H](C)NC(=O)O. The van der Waals surface area contributed by atoms with Gasteiger partial charge in [0, 0.05) is 17.8 Å². The number of nitrogens with one attached hydrogen (secondary N) is 3. The Morgan fingerprint density at radius 2 is 2.00 bits per heavy atom. The zero-order valence-corrected chi connectivity index (χ0v) is 15.9. The highest BCUT2D eigenvalue weighted by atomic mass is 19.1. The topological polar surface area (TPSA) is 129 Å². The van der Waals surface area contributed by atoms with Crippen molar-refractivity contribution in [2.75, 3.05) is 10.6 Å². The van der Waals surface area contributed by atoms with E-state index in [1.165, 1.54) is 0 Å². The fraction of sp³-hybridized carbons (Fsp3) is 0.316. The first-order valence-electron chi connectivity index (χ1n) is 8.81. The fourth-order valence-corrected chi connectivity index (χ4v) is 2.78. The number of primary amides is 1. The molecule has 0 saturated heterocycles. The monoisotopic (exact) mass is 389 g/mol. The molecule has 9 heteroatoms. The van der Waals surface area contributed by atoms with Gasteiger partial charge in [-0.25, -0.2) is 14.2 Å². The highest BCUT2D eigenvalue weighted by Crippen LogP contribution is 2.25. The van der Waals surface area contributed by atoms with Crippen molar-refractivity contribution < 1.29 is 19.1 Å². The molecular formula is C19H24FN5O3. The molecule has 2 amide bonds. The van der Waals surface area contributed by atoms with Crippen molar-refractivity contribution in [1.82, 2.24) is 10.3 Å². The van der Waals surface area contributed by atoms with Crippen LogP contribution in [0.4, 0.5) is 26.5 Å². The van der Waals surface area contributed by atoms with E-state index in [4.69, 9.17) is 10.8 Å². The molecule has 0 bridgehead atoms. The van der Waals surface area contributed by atoms with Crippen LogP contribution in [0.2, 0.25) is 0 Å². The van der Waals surface area contributed by atoms with Gasteiger partial charge in [0.15, 0.2) is 11.6 Å². The first-order valence-corrected chi connectivity index (χ1v) is 8.81. The number of anilines is 3. The summed E-state index contributed by atoms with van der Waals surface area (Å²) >= 11 is 0. The van der Waals surface area contributed by atoms with Crippen molar-refractivity contribution in [1.29, 1.82) is 0 Å². The third-order valence-corrected chi connectivity index (χ3v) is 4.24. The second-order valence-electron chi connectivity index (χ2n) is 6.47. The number of carboxylic acid groups (broad SMARTS) is 1. The fourth-order valence-electron chi connectivity index (χ4n) is 2.78. The van der Waals surface area contributed by atoms with Crippen molar-refractivity contribution in [2.45, 2.75) is 39.3 Å². The number of carbonyl (C=O) groups excluding carboxylic acids is 1. The molecule has 0 saturated carbocycles. The Hall–Kier alpha value is -3.36. The molecular weight excluding hydrogens is 365 g/mol. The third kappa shape index (κ3) is 5.32. The molecule has 1 aromatic heterocycles. The van der Waals surface area contributed by atoms with Gasteiger partial charge >= 0.3 is 6.09 Å². The number of halogens is 1. The van der Waals surface area contributed by atoms with Gasteiger partial charge in [0.1, 0.15) is 5.82 Å². The summed E-state index contributed by atoms with van der Waals surface area (Å²) in [5.74, 6) is -1.58. The summed E-state index contributed by atoms with van der Waals surface area (Å²) in [6, 6.07) is 7.47. The third-order valence-electron chi connectivity index (χ3n) is 4.24. The predicted molar refractivity (Wildman–Crippen MR) is 105 cm³/mol. The molecule has 0 aliphatic carbocycles. The van der Waals surface area contributed by atoms with E-state index < -0.39 is 29.9 Å². The van der Waals surface area contributed by atoms with E-state index in [0.717, 1.165) is 11.6 Å². The Bertz CT molecular complexity index is 875. The van der Waals surface area contributed by atoms with E-state index in [1.807, 2.05) is 32.0 Å². The number of nitrogens with zero attached hydrogens (tertiary/aromatic N) is 1. The van der Waals surface area contributed by atoms with Gasteiger partial charge in [-0.15, -0.1) is 0 Å². The van der Waals surface area contributed by atoms with Crippen LogP contribution >= 0.6 is 0 Å². The zero-order chi connectivity index (χ0) is 20.8. The molecule has 0 spiro atoms. The highest BCUT2D eigenvalue weighted by molar-refractivity contribution is 5.98. The van der Waals surface area contributed by atoms with Crippen LogP contribution in [-0.2, 0) is 0 Å². The number of amides is 2. The lowest BCUT2D eigenvalue weighted by Gasteiger charge is -2.25. The first kappa shape index (κ1) is 20.9. The van der Waals surface area contributed by atoms with E-state index in [0.29, 0.717) is 12.1 Å². The standard InChI is InChI=1S/C19H24FN5O3/c1-4-15(11(3)22-19(27)28)24-18-14(20)9-13(16(21)26)17(25-18)23-12-7-5-6-10(2)8-12/h5-9,11,15,22H,4H2,1-3H3,(H2,21,26)(H,27,28)(H2,23,24,25)/t11-,15+/m0/s1. The zero-order valence-electron chi connectivity index (χ0n) is 15.9. The molecule has 28 heavy (non-hydrogen) atoms. The van der Waals surface area contributed by atoms with Gasteiger partial charge in [0.25, 0.3) is 5.91 Å². The maximum Gasteiger partial charge on any atom is 0.404 e. The summed E-state index contributed by atoms with van der Waals surface area (Å²) in [6.45, 7) is 5.41. The molecule has 6 N–H and O–H groups in total. The van der Waals surface area contributed by atoms with Gasteiger partial charge < -0.3 is 26.8 Å². The Morgan fingerprint density at radius 3 is 2.57 bits per heavy atom. The average Bonchev–Trinajstić information content (AvgIpc) is 2.60. The Balaban J connectivity index is 2.37. The molecule has 0 aliphatic rings. The minimum Gasteiger partial charge on any atom is -0.465 e. The van der Waals surface area contributed by atoms with Gasteiger partial charge in [0.05, 0.1) is 5.56 Å². The maximum atomic E-state index is 14.5. The van der Waals surface area contributed by atoms with Crippen LogP contribution in [0, 0.1) is 12.7 Å². The van der Waals surface area contributed by atoms with Crippen molar-refractivity contribution in [3.8, 4) is 0 Å².